The summed E-state index contributed by atoms with van der Waals surface area (Å²) in [4.78, 5) is 7.51. The Hall–Kier alpha value is -3.05. The standard InChI is InChI=1S/C26H30ClFN2O2/c1-6-20(27)12-11-18(4)17-32-24(8-3)25(31-15-13-28)21(7-2)19(5)23-16-30-26-22(23)10-9-14-29-26/h6,8-12,14,16H,4-5,7,13,15,17H2,1-3H3,(H,29,30)/b12-11-,20-6+,24-8+,25-21-. The fourth-order valence-corrected chi connectivity index (χ4v) is 3.18. The van der Waals surface area contributed by atoms with Gasteiger partial charge < -0.3 is 14.5 Å². The molecule has 6 heteroatoms. The summed E-state index contributed by atoms with van der Waals surface area (Å²) in [6.45, 7) is 13.5. The van der Waals surface area contributed by atoms with Gasteiger partial charge in [-0.25, -0.2) is 9.37 Å². The Morgan fingerprint density at radius 2 is 2.00 bits per heavy atom. The molecule has 0 atom stereocenters. The van der Waals surface area contributed by atoms with E-state index in [1.807, 2.05) is 39.1 Å². The van der Waals surface area contributed by atoms with Crippen LogP contribution >= 0.6 is 11.6 Å². The van der Waals surface area contributed by atoms with Crippen molar-refractivity contribution in [1.82, 2.24) is 9.97 Å². The zero-order valence-corrected chi connectivity index (χ0v) is 19.6. The molecular weight excluding hydrogens is 427 g/mol. The lowest BCUT2D eigenvalue weighted by Crippen LogP contribution is -2.08. The van der Waals surface area contributed by atoms with Crippen molar-refractivity contribution in [3.8, 4) is 0 Å². The average Bonchev–Trinajstić information content (AvgIpc) is 3.25. The van der Waals surface area contributed by atoms with Crippen molar-refractivity contribution in [3.63, 3.8) is 0 Å². The Balaban J connectivity index is 2.37. The minimum absolute atomic E-state index is 0.0833. The van der Waals surface area contributed by atoms with Crippen molar-refractivity contribution in [3.05, 3.63) is 95.2 Å². The Kier molecular flexibility index (Phi) is 10.0. The molecule has 32 heavy (non-hydrogen) atoms. The number of ether oxygens (including phenoxy) is 2. The van der Waals surface area contributed by atoms with Gasteiger partial charge in [-0.15, -0.1) is 0 Å². The van der Waals surface area contributed by atoms with Crippen LogP contribution in [0.2, 0.25) is 0 Å². The highest BCUT2D eigenvalue weighted by Gasteiger charge is 2.19. The molecule has 2 aromatic rings. The third-order valence-corrected chi connectivity index (χ3v) is 5.09. The third kappa shape index (κ3) is 6.47. The Morgan fingerprint density at radius 1 is 1.22 bits per heavy atom. The van der Waals surface area contributed by atoms with E-state index < -0.39 is 6.67 Å². The molecule has 2 heterocycles. The van der Waals surface area contributed by atoms with E-state index in [0.29, 0.717) is 23.0 Å². The number of H-pyrrole nitrogens is 1. The highest BCUT2D eigenvalue weighted by molar-refractivity contribution is 6.31. The molecule has 4 nitrogen and oxygen atoms in total. The normalized spacial score (nSPS) is 13.4. The number of pyridine rings is 1. The first-order valence-corrected chi connectivity index (χ1v) is 10.8. The number of rotatable bonds is 12. The van der Waals surface area contributed by atoms with Crippen LogP contribution in [-0.4, -0.2) is 29.9 Å². The number of hydrogen-bond donors (Lipinski definition) is 1. The number of fused-ring (bicyclic) bond motifs is 1. The molecule has 2 rings (SSSR count). The lowest BCUT2D eigenvalue weighted by atomic mass is 9.96. The maximum Gasteiger partial charge on any atom is 0.164 e. The largest absolute Gasteiger partial charge is 0.487 e. The molecule has 0 unspecified atom stereocenters. The predicted molar refractivity (Wildman–Crippen MR) is 132 cm³/mol. The summed E-state index contributed by atoms with van der Waals surface area (Å²) in [6, 6.07) is 3.86. The summed E-state index contributed by atoms with van der Waals surface area (Å²) < 4.78 is 24.8. The van der Waals surface area contributed by atoms with Crippen molar-refractivity contribution in [2.45, 2.75) is 27.2 Å². The van der Waals surface area contributed by atoms with Gasteiger partial charge in [-0.05, 0) is 55.7 Å². The van der Waals surface area contributed by atoms with Gasteiger partial charge in [0, 0.05) is 33.9 Å². The van der Waals surface area contributed by atoms with Crippen molar-refractivity contribution in [2.24, 2.45) is 0 Å². The molecule has 0 spiro atoms. The van der Waals surface area contributed by atoms with Gasteiger partial charge in [0.2, 0.25) is 0 Å². The van der Waals surface area contributed by atoms with Crippen LogP contribution in [0.5, 0.6) is 0 Å². The average molecular weight is 457 g/mol. The van der Waals surface area contributed by atoms with Crippen molar-refractivity contribution in [1.29, 1.82) is 0 Å². The van der Waals surface area contributed by atoms with Gasteiger partial charge in [0.25, 0.3) is 0 Å². The van der Waals surface area contributed by atoms with E-state index in [-0.39, 0.29) is 13.2 Å². The van der Waals surface area contributed by atoms with Gasteiger partial charge in [-0.1, -0.05) is 43.8 Å². The molecule has 0 aliphatic carbocycles. The van der Waals surface area contributed by atoms with Gasteiger partial charge >= 0.3 is 0 Å². The number of hydrogen-bond acceptors (Lipinski definition) is 3. The van der Waals surface area contributed by atoms with Crippen LogP contribution in [0.1, 0.15) is 32.8 Å². The van der Waals surface area contributed by atoms with Crippen LogP contribution in [-0.2, 0) is 9.47 Å². The quantitative estimate of drug-likeness (QED) is 0.267. The highest BCUT2D eigenvalue weighted by Crippen LogP contribution is 2.34. The molecule has 0 aromatic carbocycles. The summed E-state index contributed by atoms with van der Waals surface area (Å²) in [5.41, 5.74) is 4.01. The van der Waals surface area contributed by atoms with Crippen LogP contribution in [0, 0.1) is 0 Å². The van der Waals surface area contributed by atoms with Crippen LogP contribution in [0.3, 0.4) is 0 Å². The molecule has 0 radical (unpaired) electrons. The summed E-state index contributed by atoms with van der Waals surface area (Å²) in [5, 5.41) is 1.57. The fourth-order valence-electron chi connectivity index (χ4n) is 3.12. The van der Waals surface area contributed by atoms with Gasteiger partial charge in [-0.2, -0.15) is 0 Å². The van der Waals surface area contributed by atoms with E-state index in [0.717, 1.165) is 33.3 Å². The first kappa shape index (κ1) is 25.2. The third-order valence-electron chi connectivity index (χ3n) is 4.74. The molecule has 0 aliphatic heterocycles. The molecule has 0 saturated heterocycles. The van der Waals surface area contributed by atoms with E-state index in [1.54, 1.807) is 30.5 Å². The van der Waals surface area contributed by atoms with Crippen molar-refractivity contribution in [2.75, 3.05) is 19.9 Å². The molecule has 170 valence electrons. The Morgan fingerprint density at radius 3 is 2.66 bits per heavy atom. The number of halogens is 2. The van der Waals surface area contributed by atoms with Crippen LogP contribution in [0.25, 0.3) is 16.6 Å². The van der Waals surface area contributed by atoms with E-state index in [9.17, 15) is 4.39 Å². The number of nitrogens with zero attached hydrogens (tertiary/aromatic N) is 1. The van der Waals surface area contributed by atoms with E-state index in [4.69, 9.17) is 21.1 Å². The molecule has 0 aliphatic rings. The fraction of sp³-hybridized carbons (Fsp3) is 0.269. The molecule has 1 N–H and O–H groups in total. The number of aromatic nitrogens is 2. The minimum atomic E-state index is -0.613. The molecule has 0 amide bonds. The lowest BCUT2D eigenvalue weighted by Gasteiger charge is -2.20. The number of aromatic amines is 1. The first-order valence-electron chi connectivity index (χ1n) is 10.5. The van der Waals surface area contributed by atoms with E-state index >= 15 is 0 Å². The zero-order valence-electron chi connectivity index (χ0n) is 18.9. The second-order valence-electron chi connectivity index (χ2n) is 6.89. The van der Waals surface area contributed by atoms with Crippen molar-refractivity contribution < 1.29 is 13.9 Å². The Labute approximate surface area is 194 Å². The maximum atomic E-state index is 13.0. The monoisotopic (exact) mass is 456 g/mol. The van der Waals surface area contributed by atoms with Gasteiger partial charge in [0.15, 0.2) is 11.5 Å². The van der Waals surface area contributed by atoms with Gasteiger partial charge in [0.05, 0.1) is 0 Å². The zero-order chi connectivity index (χ0) is 23.5. The Bertz CT molecular complexity index is 1080. The second kappa shape index (κ2) is 12.7. The topological polar surface area (TPSA) is 47.1 Å². The molecular formula is C26H30ClFN2O2. The maximum absolute atomic E-state index is 13.0. The summed E-state index contributed by atoms with van der Waals surface area (Å²) in [7, 11) is 0. The smallest absolute Gasteiger partial charge is 0.164 e. The molecule has 0 bridgehead atoms. The summed E-state index contributed by atoms with van der Waals surface area (Å²) in [6.07, 6.45) is 11.3. The van der Waals surface area contributed by atoms with Crippen LogP contribution in [0.15, 0.2) is 89.7 Å². The first-order chi connectivity index (χ1) is 15.5. The number of nitrogens with one attached hydrogen (secondary N) is 1. The summed E-state index contributed by atoms with van der Waals surface area (Å²) >= 11 is 5.99. The minimum Gasteiger partial charge on any atom is -0.487 e. The highest BCUT2D eigenvalue weighted by atomic mass is 35.5. The number of alkyl halides is 1. The van der Waals surface area contributed by atoms with Crippen LogP contribution in [0.4, 0.5) is 4.39 Å². The van der Waals surface area contributed by atoms with Gasteiger partial charge in [-0.3, -0.25) is 0 Å². The molecule has 0 saturated carbocycles. The van der Waals surface area contributed by atoms with Crippen LogP contribution < -0.4 is 0 Å². The van der Waals surface area contributed by atoms with E-state index in [1.165, 1.54) is 0 Å². The summed E-state index contributed by atoms with van der Waals surface area (Å²) in [5.74, 6) is 0.972. The van der Waals surface area contributed by atoms with E-state index in [2.05, 4.69) is 23.1 Å². The SMILES string of the molecule is C=C(/C=C\C(Cl)=C/C)COC(=C/C)/C(OCCF)=C(\CC)C(=C)c1c[nH]c2ncccc12. The van der Waals surface area contributed by atoms with Crippen molar-refractivity contribution >= 4 is 28.2 Å². The number of allylic oxidation sites excluding steroid dienone is 6. The lowest BCUT2D eigenvalue weighted by molar-refractivity contribution is 0.147. The predicted octanol–water partition coefficient (Wildman–Crippen LogP) is 7.40. The molecule has 2 aromatic heterocycles. The van der Waals surface area contributed by atoms with Gasteiger partial charge in [0.1, 0.15) is 25.5 Å². The second-order valence-corrected chi connectivity index (χ2v) is 7.32. The molecule has 0 fully saturated rings.